The summed E-state index contributed by atoms with van der Waals surface area (Å²) < 4.78 is 18.3. The first-order valence-electron chi connectivity index (χ1n) is 5.26. The summed E-state index contributed by atoms with van der Waals surface area (Å²) in [5.41, 5.74) is -0.478. The Morgan fingerprint density at radius 2 is 2.18 bits per heavy atom. The molecule has 4 nitrogen and oxygen atoms in total. The van der Waals surface area contributed by atoms with Crippen molar-refractivity contribution < 1.29 is 24.1 Å². The van der Waals surface area contributed by atoms with Crippen LogP contribution in [0.1, 0.15) is 18.4 Å². The van der Waals surface area contributed by atoms with Gasteiger partial charge in [-0.15, -0.1) is 0 Å². The first kappa shape index (κ1) is 11.9. The van der Waals surface area contributed by atoms with E-state index in [1.54, 1.807) is 0 Å². The van der Waals surface area contributed by atoms with Gasteiger partial charge in [0, 0.05) is 11.0 Å². The molecule has 92 valence electrons. The average molecular weight is 240 g/mol. The first-order chi connectivity index (χ1) is 8.01. The van der Waals surface area contributed by atoms with Gasteiger partial charge in [-0.3, -0.25) is 0 Å². The number of carboxylic acids is 1. The largest absolute Gasteiger partial charge is 0.496 e. The molecule has 0 aliphatic heterocycles. The molecule has 0 bridgehead atoms. The molecule has 0 radical (unpaired) electrons. The minimum absolute atomic E-state index is 0.407. The van der Waals surface area contributed by atoms with Crippen LogP contribution in [0, 0.1) is 5.82 Å². The number of methoxy groups -OCH3 is 1. The molecular formula is C12H13FO4. The van der Waals surface area contributed by atoms with Crippen LogP contribution in [0.5, 0.6) is 5.75 Å². The molecule has 1 aliphatic carbocycles. The maximum atomic E-state index is 13.2. The summed E-state index contributed by atoms with van der Waals surface area (Å²) in [5.74, 6) is -1.36. The Labute approximate surface area is 97.6 Å². The zero-order valence-electron chi connectivity index (χ0n) is 9.31. The fourth-order valence-corrected chi connectivity index (χ4v) is 2.13. The fraction of sp³-hybridized carbons (Fsp3) is 0.417. The third-order valence-electron chi connectivity index (χ3n) is 3.24. The molecule has 5 heteroatoms. The number of hydrogen-bond acceptors (Lipinski definition) is 3. The summed E-state index contributed by atoms with van der Waals surface area (Å²) in [6, 6.07) is 3.92. The molecule has 1 aliphatic rings. The lowest BCUT2D eigenvalue weighted by molar-refractivity contribution is -0.148. The van der Waals surface area contributed by atoms with Gasteiger partial charge in [-0.1, -0.05) is 0 Å². The highest BCUT2D eigenvalue weighted by molar-refractivity contribution is 5.76. The molecule has 1 aromatic rings. The number of halogens is 1. The Bertz CT molecular complexity index is 454. The van der Waals surface area contributed by atoms with E-state index in [0.29, 0.717) is 24.2 Å². The number of hydrogen-bond donors (Lipinski definition) is 2. The molecule has 0 amide bonds. The highest BCUT2D eigenvalue weighted by Crippen LogP contribution is 2.54. The van der Waals surface area contributed by atoms with Crippen molar-refractivity contribution >= 4 is 5.97 Å². The number of carboxylic acid groups (broad SMARTS) is 1. The minimum Gasteiger partial charge on any atom is -0.496 e. The monoisotopic (exact) mass is 240 g/mol. The van der Waals surface area contributed by atoms with Crippen LogP contribution in [0.4, 0.5) is 4.39 Å². The Morgan fingerprint density at radius 3 is 2.65 bits per heavy atom. The van der Waals surface area contributed by atoms with E-state index in [-0.39, 0.29) is 0 Å². The minimum atomic E-state index is -1.53. The van der Waals surface area contributed by atoms with Crippen molar-refractivity contribution in [1.82, 2.24) is 0 Å². The molecule has 0 saturated heterocycles. The number of aliphatic hydroxyl groups is 1. The topological polar surface area (TPSA) is 66.8 Å². The van der Waals surface area contributed by atoms with Crippen LogP contribution in [0.15, 0.2) is 18.2 Å². The van der Waals surface area contributed by atoms with Crippen molar-refractivity contribution in [1.29, 1.82) is 0 Å². The van der Waals surface area contributed by atoms with Crippen LogP contribution in [-0.4, -0.2) is 29.4 Å². The Hall–Kier alpha value is -1.62. The van der Waals surface area contributed by atoms with E-state index < -0.39 is 23.3 Å². The molecule has 1 atom stereocenters. The van der Waals surface area contributed by atoms with Crippen LogP contribution >= 0.6 is 0 Å². The van der Waals surface area contributed by atoms with Gasteiger partial charge < -0.3 is 14.9 Å². The standard InChI is InChI=1S/C12H13FO4/c1-17-9-3-2-7(13)6-8(9)12(4-5-12)10(14)11(15)16/h2-3,6,10,14H,4-5H2,1H3,(H,15,16). The van der Waals surface area contributed by atoms with Crippen LogP contribution in [0.3, 0.4) is 0 Å². The molecule has 0 spiro atoms. The van der Waals surface area contributed by atoms with E-state index in [9.17, 15) is 14.3 Å². The number of ether oxygens (including phenoxy) is 1. The second-order valence-corrected chi connectivity index (χ2v) is 4.24. The van der Waals surface area contributed by atoms with Gasteiger partial charge in [0.1, 0.15) is 11.6 Å². The number of rotatable bonds is 4. The third kappa shape index (κ3) is 1.86. The van der Waals surface area contributed by atoms with Gasteiger partial charge in [0.2, 0.25) is 0 Å². The van der Waals surface area contributed by atoms with Crippen molar-refractivity contribution in [3.8, 4) is 5.75 Å². The summed E-state index contributed by atoms with van der Waals surface area (Å²) in [6.07, 6.45) is -0.501. The molecule has 1 fully saturated rings. The van der Waals surface area contributed by atoms with E-state index in [1.165, 1.54) is 25.3 Å². The van der Waals surface area contributed by atoms with Crippen molar-refractivity contribution in [3.63, 3.8) is 0 Å². The highest BCUT2D eigenvalue weighted by Gasteiger charge is 2.55. The number of benzene rings is 1. The van der Waals surface area contributed by atoms with Gasteiger partial charge >= 0.3 is 5.97 Å². The normalized spacial score (nSPS) is 18.5. The van der Waals surface area contributed by atoms with E-state index in [1.807, 2.05) is 0 Å². The summed E-state index contributed by atoms with van der Waals surface area (Å²) in [5, 5.41) is 18.6. The van der Waals surface area contributed by atoms with Gasteiger partial charge in [0.15, 0.2) is 6.10 Å². The number of aliphatic hydroxyl groups excluding tert-OH is 1. The average Bonchev–Trinajstić information content (AvgIpc) is 3.09. The van der Waals surface area contributed by atoms with E-state index in [0.717, 1.165) is 0 Å². The van der Waals surface area contributed by atoms with Crippen LogP contribution in [0.25, 0.3) is 0 Å². The predicted molar refractivity (Wildman–Crippen MR) is 57.5 cm³/mol. The molecule has 0 aromatic heterocycles. The zero-order valence-corrected chi connectivity index (χ0v) is 9.31. The number of carbonyl (C=O) groups is 1. The molecule has 17 heavy (non-hydrogen) atoms. The maximum absolute atomic E-state index is 13.2. The predicted octanol–water partition coefficient (Wildman–Crippen LogP) is 1.31. The van der Waals surface area contributed by atoms with Crippen molar-refractivity contribution in [2.45, 2.75) is 24.4 Å². The SMILES string of the molecule is COc1ccc(F)cc1C1(C(O)C(=O)O)CC1. The third-order valence-corrected chi connectivity index (χ3v) is 3.24. The lowest BCUT2D eigenvalue weighted by Crippen LogP contribution is -2.34. The molecule has 2 rings (SSSR count). The molecule has 1 aromatic carbocycles. The van der Waals surface area contributed by atoms with Gasteiger partial charge in [-0.05, 0) is 31.0 Å². The molecule has 0 heterocycles. The van der Waals surface area contributed by atoms with Crippen LogP contribution in [-0.2, 0) is 10.2 Å². The maximum Gasteiger partial charge on any atom is 0.333 e. The second kappa shape index (κ2) is 4.00. The van der Waals surface area contributed by atoms with Gasteiger partial charge in [-0.25, -0.2) is 9.18 Å². The summed E-state index contributed by atoms with van der Waals surface area (Å²) in [7, 11) is 1.43. The van der Waals surface area contributed by atoms with Gasteiger partial charge in [0.05, 0.1) is 7.11 Å². The van der Waals surface area contributed by atoms with Gasteiger partial charge in [-0.2, -0.15) is 0 Å². The van der Waals surface area contributed by atoms with Crippen molar-refractivity contribution in [2.24, 2.45) is 0 Å². The number of aliphatic carboxylic acids is 1. The van der Waals surface area contributed by atoms with E-state index >= 15 is 0 Å². The van der Waals surface area contributed by atoms with Crippen LogP contribution < -0.4 is 4.74 Å². The smallest absolute Gasteiger partial charge is 0.333 e. The molecular weight excluding hydrogens is 227 g/mol. The first-order valence-corrected chi connectivity index (χ1v) is 5.26. The van der Waals surface area contributed by atoms with Gasteiger partial charge in [0.25, 0.3) is 0 Å². The molecule has 2 N–H and O–H groups in total. The second-order valence-electron chi connectivity index (χ2n) is 4.24. The summed E-state index contributed by atoms with van der Waals surface area (Å²) in [4.78, 5) is 10.9. The fourth-order valence-electron chi connectivity index (χ4n) is 2.13. The quantitative estimate of drug-likeness (QED) is 0.832. The summed E-state index contributed by atoms with van der Waals surface area (Å²) in [6.45, 7) is 0. The summed E-state index contributed by atoms with van der Waals surface area (Å²) >= 11 is 0. The zero-order chi connectivity index (χ0) is 12.6. The van der Waals surface area contributed by atoms with Crippen molar-refractivity contribution in [2.75, 3.05) is 7.11 Å². The van der Waals surface area contributed by atoms with Crippen LogP contribution in [0.2, 0.25) is 0 Å². The molecule has 1 saturated carbocycles. The Balaban J connectivity index is 2.46. The lowest BCUT2D eigenvalue weighted by atomic mass is 9.89. The highest BCUT2D eigenvalue weighted by atomic mass is 19.1. The van der Waals surface area contributed by atoms with Crippen molar-refractivity contribution in [3.05, 3.63) is 29.6 Å². The Morgan fingerprint density at radius 1 is 1.53 bits per heavy atom. The van der Waals surface area contributed by atoms with E-state index in [2.05, 4.69) is 0 Å². The molecule has 1 unspecified atom stereocenters. The van der Waals surface area contributed by atoms with E-state index in [4.69, 9.17) is 9.84 Å². The Kier molecular flexibility index (Phi) is 2.79. The lowest BCUT2D eigenvalue weighted by Gasteiger charge is -2.21.